The number of hydrogen-bond acceptors (Lipinski definition) is 8. The lowest BCUT2D eigenvalue weighted by atomic mass is 10.2. The molecule has 2 aromatic heterocycles. The van der Waals surface area contributed by atoms with Crippen molar-refractivity contribution in [2.24, 2.45) is 0 Å². The number of ether oxygens (including phenoxy) is 1. The molecule has 10 heteroatoms. The highest BCUT2D eigenvalue weighted by molar-refractivity contribution is 7.98. The maximum atomic E-state index is 13.8. The predicted octanol–water partition coefficient (Wildman–Crippen LogP) is 3.07. The number of aromatic nitrogens is 3. The fourth-order valence-electron chi connectivity index (χ4n) is 2.03. The maximum Gasteiger partial charge on any atom is 0.275 e. The maximum absolute atomic E-state index is 13.8. The number of anilines is 1. The van der Waals surface area contributed by atoms with Gasteiger partial charge < -0.3 is 15.2 Å². The van der Waals surface area contributed by atoms with Crippen molar-refractivity contribution in [2.75, 3.05) is 25.6 Å². The molecule has 6 nitrogen and oxygen atoms in total. The highest BCUT2D eigenvalue weighted by Crippen LogP contribution is 2.33. The normalized spacial score (nSPS) is 11.0. The molecule has 132 valence electrons. The smallest absolute Gasteiger partial charge is 0.275 e. The molecule has 1 aromatic carbocycles. The van der Waals surface area contributed by atoms with Gasteiger partial charge in [-0.2, -0.15) is 4.98 Å². The minimum atomic E-state index is -0.885. The molecule has 0 saturated heterocycles. The number of methoxy groups -OCH3 is 1. The van der Waals surface area contributed by atoms with Crippen molar-refractivity contribution < 1.29 is 18.6 Å². The van der Waals surface area contributed by atoms with Crippen molar-refractivity contribution in [3.8, 4) is 5.19 Å². The van der Waals surface area contributed by atoms with Crippen molar-refractivity contribution in [1.29, 1.82) is 0 Å². The molecule has 0 fully saturated rings. The molecule has 0 aliphatic carbocycles. The van der Waals surface area contributed by atoms with Crippen molar-refractivity contribution in [3.63, 3.8) is 0 Å². The first-order valence-electron chi connectivity index (χ1n) is 7.25. The van der Waals surface area contributed by atoms with Gasteiger partial charge in [0.15, 0.2) is 28.3 Å². The van der Waals surface area contributed by atoms with E-state index in [-0.39, 0.29) is 17.9 Å². The van der Waals surface area contributed by atoms with Crippen molar-refractivity contribution >= 4 is 39.3 Å². The number of fused-ring (bicyclic) bond motifs is 1. The minimum absolute atomic E-state index is 0.0571. The lowest BCUT2D eigenvalue weighted by molar-refractivity contribution is 0.311. The Kier molecular flexibility index (Phi) is 5.61. The zero-order valence-corrected chi connectivity index (χ0v) is 14.8. The van der Waals surface area contributed by atoms with Gasteiger partial charge in [0.2, 0.25) is 0 Å². The molecule has 25 heavy (non-hydrogen) atoms. The summed E-state index contributed by atoms with van der Waals surface area (Å²) in [7, 11) is 1.51. The van der Waals surface area contributed by atoms with Crippen LogP contribution in [-0.4, -0.2) is 40.3 Å². The third kappa shape index (κ3) is 3.97. The fraction of sp³-hybridized carbons (Fsp3) is 0.267. The molecule has 2 heterocycles. The summed E-state index contributed by atoms with van der Waals surface area (Å²) < 4.78 is 32.9. The number of aliphatic hydroxyl groups is 1. The number of thiazole rings is 1. The Morgan fingerprint density at radius 1 is 1.28 bits per heavy atom. The third-order valence-electron chi connectivity index (χ3n) is 3.18. The summed E-state index contributed by atoms with van der Waals surface area (Å²) in [6.07, 6.45) is 0. The molecule has 0 aliphatic rings. The van der Waals surface area contributed by atoms with E-state index in [2.05, 4.69) is 20.3 Å². The summed E-state index contributed by atoms with van der Waals surface area (Å²) >= 11 is 2.45. The molecular formula is C15H14F2N4O2S2. The highest BCUT2D eigenvalue weighted by Gasteiger charge is 2.15. The lowest BCUT2D eigenvalue weighted by Crippen LogP contribution is -2.08. The number of thioether (sulfide) groups is 1. The van der Waals surface area contributed by atoms with E-state index in [9.17, 15) is 8.78 Å². The van der Waals surface area contributed by atoms with Crippen LogP contribution in [0.5, 0.6) is 5.19 Å². The summed E-state index contributed by atoms with van der Waals surface area (Å²) in [4.78, 5) is 13.0. The Morgan fingerprint density at radius 3 is 2.88 bits per heavy atom. The van der Waals surface area contributed by atoms with Gasteiger partial charge in [0.1, 0.15) is 4.70 Å². The monoisotopic (exact) mass is 384 g/mol. The van der Waals surface area contributed by atoms with Crippen LogP contribution in [0.2, 0.25) is 0 Å². The molecule has 0 aliphatic heterocycles. The van der Waals surface area contributed by atoms with Gasteiger partial charge in [-0.05, 0) is 6.07 Å². The largest absolute Gasteiger partial charge is 0.473 e. The number of halogens is 2. The Hall–Kier alpha value is -2.04. The van der Waals surface area contributed by atoms with Crippen LogP contribution in [0.1, 0.15) is 5.56 Å². The van der Waals surface area contributed by atoms with Gasteiger partial charge in [-0.3, -0.25) is 0 Å². The van der Waals surface area contributed by atoms with Gasteiger partial charge in [0.05, 0.1) is 13.7 Å². The number of nitrogens with one attached hydrogen (secondary N) is 1. The molecular weight excluding hydrogens is 370 g/mol. The van der Waals surface area contributed by atoms with Crippen LogP contribution in [0.15, 0.2) is 23.4 Å². The molecule has 3 aromatic rings. The number of aliphatic hydroxyl groups excluding tert-OH is 1. The first-order chi connectivity index (χ1) is 12.1. The number of nitrogens with zero attached hydrogens (tertiary/aromatic N) is 3. The van der Waals surface area contributed by atoms with Crippen LogP contribution in [0, 0.1) is 11.6 Å². The van der Waals surface area contributed by atoms with E-state index in [1.165, 1.54) is 42.3 Å². The SMILES string of the molecule is COc1nc2nc(SCc3cccc(F)c3F)nc(NCCO)c2s1. The van der Waals surface area contributed by atoms with E-state index in [1.54, 1.807) is 0 Å². The first kappa shape index (κ1) is 17.8. The van der Waals surface area contributed by atoms with E-state index < -0.39 is 11.6 Å². The van der Waals surface area contributed by atoms with Gasteiger partial charge in [-0.25, -0.2) is 18.7 Å². The first-order valence-corrected chi connectivity index (χ1v) is 9.05. The van der Waals surface area contributed by atoms with Gasteiger partial charge >= 0.3 is 0 Å². The van der Waals surface area contributed by atoms with Crippen molar-refractivity contribution in [1.82, 2.24) is 15.0 Å². The van der Waals surface area contributed by atoms with Gasteiger partial charge in [-0.15, -0.1) is 0 Å². The topological polar surface area (TPSA) is 80.2 Å². The Balaban J connectivity index is 1.88. The van der Waals surface area contributed by atoms with Crippen LogP contribution in [0.4, 0.5) is 14.6 Å². The van der Waals surface area contributed by atoms with Crippen LogP contribution in [-0.2, 0) is 5.75 Å². The zero-order valence-electron chi connectivity index (χ0n) is 13.1. The van der Waals surface area contributed by atoms with E-state index in [4.69, 9.17) is 9.84 Å². The van der Waals surface area contributed by atoms with Gasteiger partial charge in [0.25, 0.3) is 5.19 Å². The average Bonchev–Trinajstić information content (AvgIpc) is 3.04. The summed E-state index contributed by atoms with van der Waals surface area (Å²) in [5, 5.41) is 12.8. The summed E-state index contributed by atoms with van der Waals surface area (Å²) in [6, 6.07) is 4.04. The van der Waals surface area contributed by atoms with Crippen LogP contribution in [0.25, 0.3) is 10.3 Å². The summed E-state index contributed by atoms with van der Waals surface area (Å²) in [5.74, 6) is -1.06. The molecule has 0 saturated carbocycles. The molecule has 3 rings (SSSR count). The predicted molar refractivity (Wildman–Crippen MR) is 93.3 cm³/mol. The summed E-state index contributed by atoms with van der Waals surface area (Å²) in [5.41, 5.74) is 0.675. The molecule has 0 amide bonds. The third-order valence-corrected chi connectivity index (χ3v) is 5.09. The number of hydrogen-bond donors (Lipinski definition) is 2. The summed E-state index contributed by atoms with van der Waals surface area (Å²) in [6.45, 7) is 0.257. The van der Waals surface area contributed by atoms with E-state index >= 15 is 0 Å². The quantitative estimate of drug-likeness (QED) is 0.479. The zero-order chi connectivity index (χ0) is 17.8. The van der Waals surface area contributed by atoms with Gasteiger partial charge in [0, 0.05) is 17.9 Å². The average molecular weight is 384 g/mol. The Labute approximate surface area is 150 Å². The van der Waals surface area contributed by atoms with E-state index in [1.807, 2.05) is 0 Å². The van der Waals surface area contributed by atoms with Crippen LogP contribution >= 0.6 is 23.1 Å². The van der Waals surface area contributed by atoms with Crippen LogP contribution in [0.3, 0.4) is 0 Å². The molecule has 0 bridgehead atoms. The second-order valence-corrected chi connectivity index (χ2v) is 6.75. The van der Waals surface area contributed by atoms with Crippen molar-refractivity contribution in [2.45, 2.75) is 10.9 Å². The number of benzene rings is 1. The molecule has 0 unspecified atom stereocenters. The van der Waals surface area contributed by atoms with E-state index in [0.717, 1.165) is 6.07 Å². The Morgan fingerprint density at radius 2 is 2.12 bits per heavy atom. The molecule has 0 spiro atoms. The molecule has 0 radical (unpaired) electrons. The molecule has 0 atom stereocenters. The van der Waals surface area contributed by atoms with Crippen LogP contribution < -0.4 is 10.1 Å². The van der Waals surface area contributed by atoms with E-state index in [0.29, 0.717) is 33.1 Å². The minimum Gasteiger partial charge on any atom is -0.473 e. The fourth-order valence-corrected chi connectivity index (χ4v) is 3.63. The molecule has 2 N–H and O–H groups in total. The second kappa shape index (κ2) is 7.89. The Bertz CT molecular complexity index is 891. The number of rotatable bonds is 7. The van der Waals surface area contributed by atoms with Gasteiger partial charge in [-0.1, -0.05) is 35.2 Å². The highest BCUT2D eigenvalue weighted by atomic mass is 32.2. The lowest BCUT2D eigenvalue weighted by Gasteiger charge is -2.07. The second-order valence-electron chi connectivity index (χ2n) is 4.84. The van der Waals surface area contributed by atoms with Crippen molar-refractivity contribution in [3.05, 3.63) is 35.4 Å². The standard InChI is InChI=1S/C15H14F2N4O2S2/c1-23-15-21-13-11(25-15)12(18-5-6-22)19-14(20-13)24-7-8-3-2-4-9(16)10(8)17/h2-4,22H,5-7H2,1H3,(H,18,19,20).